The molecular formula is C25H25N5O4S. The number of hydrogen-bond donors (Lipinski definition) is 0. The molecule has 0 saturated heterocycles. The Labute approximate surface area is 206 Å². The number of allylic oxidation sites excluding steroid dienone is 1. The third kappa shape index (κ3) is 4.37. The van der Waals surface area contributed by atoms with Gasteiger partial charge in [-0.25, -0.2) is 0 Å². The lowest BCUT2D eigenvalue weighted by molar-refractivity contribution is 0.0821. The summed E-state index contributed by atoms with van der Waals surface area (Å²) in [5, 5.41) is 13.4. The number of rotatable bonds is 8. The molecule has 3 aromatic heterocycles. The second kappa shape index (κ2) is 9.46. The van der Waals surface area contributed by atoms with E-state index >= 15 is 0 Å². The van der Waals surface area contributed by atoms with Gasteiger partial charge in [0, 0.05) is 29.6 Å². The zero-order valence-electron chi connectivity index (χ0n) is 19.7. The molecule has 1 aliphatic heterocycles. The maximum atomic E-state index is 13.2. The number of thioether (sulfide) groups is 1. The average Bonchev–Trinajstić information content (AvgIpc) is 3.54. The van der Waals surface area contributed by atoms with Gasteiger partial charge in [-0.1, -0.05) is 35.1 Å². The maximum Gasteiger partial charge on any atom is 0.192 e. The van der Waals surface area contributed by atoms with Crippen LogP contribution in [0.15, 0.2) is 58.7 Å². The van der Waals surface area contributed by atoms with Gasteiger partial charge in [0.1, 0.15) is 12.4 Å². The van der Waals surface area contributed by atoms with Crippen molar-refractivity contribution in [2.45, 2.75) is 38.6 Å². The SMILES string of the molecule is C=CCn1c(SCC(=O)c2cc(C)n(-c3cc(C)on3)c2C)nnc1[C@@H]1COc2ccccc2O1. The van der Waals surface area contributed by atoms with Gasteiger partial charge in [0.2, 0.25) is 0 Å². The highest BCUT2D eigenvalue weighted by Gasteiger charge is 2.28. The van der Waals surface area contributed by atoms with Crippen molar-refractivity contribution in [3.05, 3.63) is 77.6 Å². The van der Waals surface area contributed by atoms with Crippen LogP contribution in [0.5, 0.6) is 11.5 Å². The van der Waals surface area contributed by atoms with Crippen LogP contribution in [-0.2, 0) is 6.54 Å². The fourth-order valence-electron chi connectivity index (χ4n) is 4.16. The lowest BCUT2D eigenvalue weighted by atomic mass is 10.2. The van der Waals surface area contributed by atoms with Gasteiger partial charge in [-0.05, 0) is 39.0 Å². The van der Waals surface area contributed by atoms with Crippen molar-refractivity contribution in [1.82, 2.24) is 24.5 Å². The molecule has 9 nitrogen and oxygen atoms in total. The largest absolute Gasteiger partial charge is 0.485 e. The highest BCUT2D eigenvalue weighted by Crippen LogP contribution is 2.36. The summed E-state index contributed by atoms with van der Waals surface area (Å²) in [5.41, 5.74) is 2.38. The lowest BCUT2D eigenvalue weighted by Gasteiger charge is -2.26. The van der Waals surface area contributed by atoms with Crippen molar-refractivity contribution in [2.75, 3.05) is 12.4 Å². The predicted molar refractivity (Wildman–Crippen MR) is 131 cm³/mol. The number of hydrogen-bond acceptors (Lipinski definition) is 8. The molecule has 0 aliphatic carbocycles. The van der Waals surface area contributed by atoms with E-state index in [0.717, 1.165) is 11.4 Å². The Kier molecular flexibility index (Phi) is 6.21. The third-order valence-electron chi connectivity index (χ3n) is 5.76. The molecule has 0 unspecified atom stereocenters. The van der Waals surface area contributed by atoms with Gasteiger partial charge in [0.05, 0.1) is 5.75 Å². The molecule has 0 radical (unpaired) electrons. The van der Waals surface area contributed by atoms with Crippen LogP contribution in [0.4, 0.5) is 0 Å². The van der Waals surface area contributed by atoms with Crippen LogP contribution in [0.25, 0.3) is 5.82 Å². The summed E-state index contributed by atoms with van der Waals surface area (Å²) in [6.45, 7) is 10.4. The van der Waals surface area contributed by atoms with E-state index in [1.807, 2.05) is 66.3 Å². The Morgan fingerprint density at radius 1 is 1.20 bits per heavy atom. The van der Waals surface area contributed by atoms with E-state index in [4.69, 9.17) is 14.0 Å². The maximum absolute atomic E-state index is 13.2. The highest BCUT2D eigenvalue weighted by atomic mass is 32.2. The quantitative estimate of drug-likeness (QED) is 0.200. The Morgan fingerprint density at radius 3 is 2.74 bits per heavy atom. The predicted octanol–water partition coefficient (Wildman–Crippen LogP) is 4.66. The van der Waals surface area contributed by atoms with Crippen molar-refractivity contribution < 1.29 is 18.8 Å². The zero-order chi connectivity index (χ0) is 24.5. The van der Waals surface area contributed by atoms with Crippen molar-refractivity contribution in [3.8, 4) is 17.3 Å². The summed E-state index contributed by atoms with van der Waals surface area (Å²) in [6.07, 6.45) is 1.36. The van der Waals surface area contributed by atoms with E-state index in [2.05, 4.69) is 21.9 Å². The number of nitrogens with zero attached hydrogens (tertiary/aromatic N) is 5. The summed E-state index contributed by atoms with van der Waals surface area (Å²) in [5.74, 6) is 3.59. The van der Waals surface area contributed by atoms with Gasteiger partial charge in [-0.15, -0.1) is 16.8 Å². The number of fused-ring (bicyclic) bond motifs is 1. The van der Waals surface area contributed by atoms with E-state index in [0.29, 0.717) is 52.8 Å². The lowest BCUT2D eigenvalue weighted by Crippen LogP contribution is -2.25. The average molecular weight is 492 g/mol. The first kappa shape index (κ1) is 23.0. The molecule has 0 saturated carbocycles. The molecular weight excluding hydrogens is 466 g/mol. The molecule has 5 rings (SSSR count). The van der Waals surface area contributed by atoms with Crippen molar-refractivity contribution >= 4 is 17.5 Å². The van der Waals surface area contributed by atoms with E-state index in [1.165, 1.54) is 11.8 Å². The summed E-state index contributed by atoms with van der Waals surface area (Å²) in [4.78, 5) is 13.2. The molecule has 1 aromatic carbocycles. The summed E-state index contributed by atoms with van der Waals surface area (Å²) < 4.78 is 21.0. The Hall–Kier alpha value is -3.79. The van der Waals surface area contributed by atoms with E-state index in [1.54, 1.807) is 6.08 Å². The van der Waals surface area contributed by atoms with Crippen LogP contribution < -0.4 is 9.47 Å². The monoisotopic (exact) mass is 491 g/mol. The molecule has 0 fully saturated rings. The van der Waals surface area contributed by atoms with Gasteiger partial charge >= 0.3 is 0 Å². The van der Waals surface area contributed by atoms with Crippen LogP contribution in [0.3, 0.4) is 0 Å². The van der Waals surface area contributed by atoms with Crippen LogP contribution in [-0.4, -0.2) is 42.6 Å². The minimum absolute atomic E-state index is 0.00422. The first-order valence-electron chi connectivity index (χ1n) is 11.2. The Bertz CT molecular complexity index is 1400. The third-order valence-corrected chi connectivity index (χ3v) is 6.73. The number of carbonyl (C=O) groups excluding carboxylic acids is 1. The van der Waals surface area contributed by atoms with E-state index in [-0.39, 0.29) is 11.5 Å². The molecule has 1 atom stereocenters. The molecule has 1 aliphatic rings. The molecule has 0 N–H and O–H groups in total. The van der Waals surface area contributed by atoms with E-state index < -0.39 is 6.10 Å². The Balaban J connectivity index is 1.34. The van der Waals surface area contributed by atoms with Gasteiger partial charge in [-0.2, -0.15) is 0 Å². The molecule has 4 aromatic rings. The van der Waals surface area contributed by atoms with Crippen LogP contribution in [0.1, 0.15) is 39.4 Å². The van der Waals surface area contributed by atoms with Crippen molar-refractivity contribution in [1.29, 1.82) is 0 Å². The number of aryl methyl sites for hydroxylation is 2. The highest BCUT2D eigenvalue weighted by molar-refractivity contribution is 7.99. The molecule has 0 bridgehead atoms. The summed E-state index contributed by atoms with van der Waals surface area (Å²) >= 11 is 1.34. The fraction of sp³-hybridized carbons (Fsp3) is 0.280. The number of ketones is 1. The first-order valence-corrected chi connectivity index (χ1v) is 12.2. The van der Waals surface area contributed by atoms with Gasteiger partial charge in [0.15, 0.2) is 40.2 Å². The topological polar surface area (TPSA) is 97.2 Å². The summed E-state index contributed by atoms with van der Waals surface area (Å²) in [7, 11) is 0. The van der Waals surface area contributed by atoms with Gasteiger partial charge in [0.25, 0.3) is 0 Å². The molecule has 180 valence electrons. The molecule has 35 heavy (non-hydrogen) atoms. The minimum Gasteiger partial charge on any atom is -0.485 e. The number of carbonyl (C=O) groups is 1. The minimum atomic E-state index is -0.410. The van der Waals surface area contributed by atoms with Crippen molar-refractivity contribution in [3.63, 3.8) is 0 Å². The fourth-order valence-corrected chi connectivity index (χ4v) is 4.99. The number of aromatic nitrogens is 5. The van der Waals surface area contributed by atoms with Crippen LogP contribution in [0, 0.1) is 20.8 Å². The van der Waals surface area contributed by atoms with Gasteiger partial charge in [-0.3, -0.25) is 13.9 Å². The molecule has 0 amide bonds. The van der Waals surface area contributed by atoms with E-state index in [9.17, 15) is 4.79 Å². The summed E-state index contributed by atoms with van der Waals surface area (Å²) in [6, 6.07) is 11.3. The molecule has 4 heterocycles. The van der Waals surface area contributed by atoms with Gasteiger partial charge < -0.3 is 14.0 Å². The first-order chi connectivity index (χ1) is 17.0. The van der Waals surface area contributed by atoms with Crippen LogP contribution in [0.2, 0.25) is 0 Å². The van der Waals surface area contributed by atoms with Crippen molar-refractivity contribution in [2.24, 2.45) is 0 Å². The second-order valence-electron chi connectivity index (χ2n) is 8.23. The normalized spacial score (nSPS) is 14.8. The number of para-hydroxylation sites is 2. The second-order valence-corrected chi connectivity index (χ2v) is 9.17. The zero-order valence-corrected chi connectivity index (χ0v) is 20.5. The number of benzene rings is 1. The number of Topliss-reactive ketones (excluding diaryl/α,β-unsaturated/α-hetero) is 1. The van der Waals surface area contributed by atoms with Crippen LogP contribution >= 0.6 is 11.8 Å². The molecule has 0 spiro atoms. The smallest absolute Gasteiger partial charge is 0.192 e. The Morgan fingerprint density at radius 2 is 2.00 bits per heavy atom. The number of ether oxygens (including phenoxy) is 2. The standard InChI is InChI=1S/C25H25N5O4S/c1-5-10-29-24(22-13-32-20-8-6-7-9-21(20)33-22)26-27-25(29)35-14-19(31)18-11-15(2)30(17(18)4)23-12-16(3)34-28-23/h5-9,11-12,22H,1,10,13-14H2,2-4H3/t22-/m0/s1. The molecule has 10 heteroatoms.